The molecule has 0 saturated carbocycles. The minimum absolute atomic E-state index is 0.0232. The van der Waals surface area contributed by atoms with Gasteiger partial charge in [-0.05, 0) is 61.2 Å². The summed E-state index contributed by atoms with van der Waals surface area (Å²) in [7, 11) is 0. The Morgan fingerprint density at radius 1 is 1.00 bits per heavy atom. The molecule has 0 unspecified atom stereocenters. The summed E-state index contributed by atoms with van der Waals surface area (Å²) >= 11 is 0. The maximum atomic E-state index is 13.0. The van der Waals surface area contributed by atoms with Crippen LogP contribution in [0.3, 0.4) is 0 Å². The summed E-state index contributed by atoms with van der Waals surface area (Å²) in [5.74, 6) is -0.621. The molecule has 1 spiro atoms. The maximum absolute atomic E-state index is 13.0. The van der Waals surface area contributed by atoms with Crippen molar-refractivity contribution in [2.24, 2.45) is 0 Å². The molecule has 2 heterocycles. The van der Waals surface area contributed by atoms with Crippen molar-refractivity contribution in [2.45, 2.75) is 31.3 Å². The Kier molecular flexibility index (Phi) is 5.49. The molecule has 2 fully saturated rings. The van der Waals surface area contributed by atoms with Crippen LogP contribution in [0.4, 0.5) is 14.9 Å². The predicted octanol–water partition coefficient (Wildman–Crippen LogP) is 3.54. The summed E-state index contributed by atoms with van der Waals surface area (Å²) in [6.07, 6.45) is 2.85. The Morgan fingerprint density at radius 2 is 1.69 bits per heavy atom. The first-order valence-corrected chi connectivity index (χ1v) is 9.85. The van der Waals surface area contributed by atoms with Gasteiger partial charge in [0, 0.05) is 37.6 Å². The molecule has 2 aromatic carbocycles. The van der Waals surface area contributed by atoms with E-state index in [4.69, 9.17) is 4.74 Å². The molecular weight excluding hydrogens is 373 g/mol. The van der Waals surface area contributed by atoms with Gasteiger partial charge in [0.1, 0.15) is 5.82 Å². The van der Waals surface area contributed by atoms with Crippen molar-refractivity contribution in [1.82, 2.24) is 10.2 Å². The molecule has 2 aliphatic rings. The number of carbonyl (C=O) groups excluding carboxylic acids is 2. The minimum atomic E-state index is -0.352. The summed E-state index contributed by atoms with van der Waals surface area (Å²) < 4.78 is 18.4. The SMILES string of the molecule is O=C(Nc1ccc(F)cc1)c1ccc(CNC(=O)N2CCC23CCOCC3)cc1. The quantitative estimate of drug-likeness (QED) is 0.829. The first-order chi connectivity index (χ1) is 14.1. The number of amides is 3. The van der Waals surface area contributed by atoms with Crippen molar-refractivity contribution < 1.29 is 18.7 Å². The lowest BCUT2D eigenvalue weighted by Crippen LogP contribution is -2.66. The molecule has 2 N–H and O–H groups in total. The second-order valence-electron chi connectivity index (χ2n) is 7.55. The fourth-order valence-corrected chi connectivity index (χ4v) is 3.91. The average molecular weight is 397 g/mol. The van der Waals surface area contributed by atoms with Gasteiger partial charge in [0.15, 0.2) is 0 Å². The van der Waals surface area contributed by atoms with Crippen molar-refractivity contribution in [2.75, 3.05) is 25.1 Å². The Bertz CT molecular complexity index is 877. The zero-order valence-corrected chi connectivity index (χ0v) is 16.1. The van der Waals surface area contributed by atoms with Crippen LogP contribution in [0.1, 0.15) is 35.2 Å². The van der Waals surface area contributed by atoms with E-state index in [0.29, 0.717) is 31.0 Å². The third-order valence-electron chi connectivity index (χ3n) is 5.80. The zero-order chi connectivity index (χ0) is 20.3. The van der Waals surface area contributed by atoms with Crippen LogP contribution in [-0.4, -0.2) is 42.1 Å². The van der Waals surface area contributed by atoms with E-state index >= 15 is 0 Å². The number of anilines is 1. The molecule has 6 nitrogen and oxygen atoms in total. The number of ether oxygens (including phenoxy) is 1. The fourth-order valence-electron chi connectivity index (χ4n) is 3.91. The highest BCUT2D eigenvalue weighted by atomic mass is 19.1. The Labute approximate surface area is 169 Å². The highest BCUT2D eigenvalue weighted by molar-refractivity contribution is 6.04. The molecule has 7 heteroatoms. The van der Waals surface area contributed by atoms with Gasteiger partial charge in [-0.1, -0.05) is 12.1 Å². The lowest BCUT2D eigenvalue weighted by atomic mass is 9.78. The number of benzene rings is 2. The Morgan fingerprint density at radius 3 is 2.31 bits per heavy atom. The Balaban J connectivity index is 1.29. The lowest BCUT2D eigenvalue weighted by molar-refractivity contribution is -0.0629. The van der Waals surface area contributed by atoms with Gasteiger partial charge in [0.05, 0.1) is 5.54 Å². The second-order valence-corrected chi connectivity index (χ2v) is 7.55. The summed E-state index contributed by atoms with van der Waals surface area (Å²) in [6.45, 7) is 2.62. The largest absolute Gasteiger partial charge is 0.381 e. The number of likely N-dealkylation sites (tertiary alicyclic amines) is 1. The van der Waals surface area contributed by atoms with E-state index in [1.807, 2.05) is 17.0 Å². The van der Waals surface area contributed by atoms with Crippen LogP contribution in [0, 0.1) is 5.82 Å². The predicted molar refractivity (Wildman–Crippen MR) is 107 cm³/mol. The number of urea groups is 1. The molecule has 0 aliphatic carbocycles. The van der Waals surface area contributed by atoms with Crippen LogP contribution in [0.15, 0.2) is 48.5 Å². The third kappa shape index (κ3) is 4.24. The first kappa shape index (κ1) is 19.4. The molecule has 0 atom stereocenters. The minimum Gasteiger partial charge on any atom is -0.381 e. The van der Waals surface area contributed by atoms with Gasteiger partial charge in [-0.2, -0.15) is 0 Å². The van der Waals surface area contributed by atoms with Crippen LogP contribution in [-0.2, 0) is 11.3 Å². The normalized spacial score (nSPS) is 17.5. The second kappa shape index (κ2) is 8.21. The molecule has 0 bridgehead atoms. The fraction of sp³-hybridized carbons (Fsp3) is 0.364. The highest BCUT2D eigenvalue weighted by Crippen LogP contribution is 2.39. The van der Waals surface area contributed by atoms with Gasteiger partial charge in [-0.3, -0.25) is 4.79 Å². The van der Waals surface area contributed by atoms with Crippen LogP contribution >= 0.6 is 0 Å². The Hall–Kier alpha value is -2.93. The van der Waals surface area contributed by atoms with E-state index in [9.17, 15) is 14.0 Å². The molecule has 2 aromatic rings. The van der Waals surface area contributed by atoms with Crippen molar-refractivity contribution >= 4 is 17.6 Å². The molecule has 0 aromatic heterocycles. The van der Waals surface area contributed by atoms with E-state index in [1.165, 1.54) is 24.3 Å². The van der Waals surface area contributed by atoms with Gasteiger partial charge in [0.2, 0.25) is 0 Å². The highest BCUT2D eigenvalue weighted by Gasteiger charge is 2.47. The average Bonchev–Trinajstić information content (AvgIpc) is 2.74. The first-order valence-electron chi connectivity index (χ1n) is 9.85. The van der Waals surface area contributed by atoms with E-state index in [1.54, 1.807) is 12.1 Å². The number of halogens is 1. The van der Waals surface area contributed by atoms with Crippen LogP contribution < -0.4 is 10.6 Å². The number of nitrogens with zero attached hydrogens (tertiary/aromatic N) is 1. The lowest BCUT2D eigenvalue weighted by Gasteiger charge is -2.54. The molecule has 152 valence electrons. The van der Waals surface area contributed by atoms with Crippen molar-refractivity contribution in [1.29, 1.82) is 0 Å². The van der Waals surface area contributed by atoms with E-state index < -0.39 is 0 Å². The van der Waals surface area contributed by atoms with Crippen molar-refractivity contribution in [3.63, 3.8) is 0 Å². The van der Waals surface area contributed by atoms with Crippen LogP contribution in [0.25, 0.3) is 0 Å². The van der Waals surface area contributed by atoms with Gasteiger partial charge >= 0.3 is 6.03 Å². The molecule has 4 rings (SSSR count). The summed E-state index contributed by atoms with van der Waals surface area (Å²) in [6, 6.07) is 12.6. The molecule has 0 radical (unpaired) electrons. The standard InChI is InChI=1S/C22H24FN3O3/c23-18-5-7-19(8-6-18)25-20(27)17-3-1-16(2-4-17)15-24-21(28)26-12-9-22(26)10-13-29-14-11-22/h1-8H,9-15H2,(H,24,28)(H,25,27). The molecular formula is C22H24FN3O3. The van der Waals surface area contributed by atoms with E-state index in [0.717, 1.165) is 31.4 Å². The molecule has 29 heavy (non-hydrogen) atoms. The number of rotatable bonds is 4. The van der Waals surface area contributed by atoms with E-state index in [2.05, 4.69) is 10.6 Å². The number of hydrogen-bond acceptors (Lipinski definition) is 3. The topological polar surface area (TPSA) is 70.7 Å². The zero-order valence-electron chi connectivity index (χ0n) is 16.1. The number of hydrogen-bond donors (Lipinski definition) is 2. The van der Waals surface area contributed by atoms with Crippen LogP contribution in [0.5, 0.6) is 0 Å². The van der Waals surface area contributed by atoms with Gasteiger partial charge in [-0.15, -0.1) is 0 Å². The van der Waals surface area contributed by atoms with Crippen LogP contribution in [0.2, 0.25) is 0 Å². The molecule has 2 saturated heterocycles. The summed E-state index contributed by atoms with van der Waals surface area (Å²) in [5.41, 5.74) is 1.92. The summed E-state index contributed by atoms with van der Waals surface area (Å²) in [5, 5.41) is 5.70. The molecule has 3 amide bonds. The van der Waals surface area contributed by atoms with Gasteiger partial charge in [-0.25, -0.2) is 9.18 Å². The number of carbonyl (C=O) groups is 2. The van der Waals surface area contributed by atoms with Crippen molar-refractivity contribution in [3.05, 3.63) is 65.5 Å². The monoisotopic (exact) mass is 397 g/mol. The maximum Gasteiger partial charge on any atom is 0.318 e. The molecule has 2 aliphatic heterocycles. The third-order valence-corrected chi connectivity index (χ3v) is 5.80. The van der Waals surface area contributed by atoms with E-state index in [-0.39, 0.29) is 23.3 Å². The van der Waals surface area contributed by atoms with Gasteiger partial charge < -0.3 is 20.3 Å². The van der Waals surface area contributed by atoms with Gasteiger partial charge in [0.25, 0.3) is 5.91 Å². The van der Waals surface area contributed by atoms with Crippen molar-refractivity contribution in [3.8, 4) is 0 Å². The number of nitrogens with one attached hydrogen (secondary N) is 2. The summed E-state index contributed by atoms with van der Waals surface area (Å²) in [4.78, 5) is 26.8. The smallest absolute Gasteiger partial charge is 0.318 e.